The number of nitrogens with one attached hydrogen (secondary N) is 2. The maximum absolute atomic E-state index is 10.8. The standard InChI is InChI=1S/C26H29N3O2/c30-25(31)12-11-19-6-4-7-20(16-19)13-15-28-26(21-8-2-1-3-9-21)22-17-24-23(29-18-22)10-5-14-27-24/h1-10,14,16,22,26,28-29H,11-13,15,17-18H2,(H,30,31)/t22-,26-/m1/s1. The zero-order chi connectivity index (χ0) is 21.5. The van der Waals surface area contributed by atoms with Gasteiger partial charge in [-0.15, -0.1) is 0 Å². The average molecular weight is 416 g/mol. The second-order valence-corrected chi connectivity index (χ2v) is 8.15. The number of rotatable bonds is 9. The molecule has 0 saturated carbocycles. The molecule has 2 atom stereocenters. The third-order valence-corrected chi connectivity index (χ3v) is 5.93. The van der Waals surface area contributed by atoms with E-state index < -0.39 is 5.97 Å². The number of carboxylic acid groups (broad SMARTS) is 1. The van der Waals surface area contributed by atoms with Gasteiger partial charge in [-0.2, -0.15) is 0 Å². The predicted molar refractivity (Wildman–Crippen MR) is 123 cm³/mol. The highest BCUT2D eigenvalue weighted by Crippen LogP contribution is 2.31. The summed E-state index contributed by atoms with van der Waals surface area (Å²) in [4.78, 5) is 15.4. The van der Waals surface area contributed by atoms with Crippen molar-refractivity contribution in [2.24, 2.45) is 5.92 Å². The normalized spacial score (nSPS) is 16.2. The van der Waals surface area contributed by atoms with E-state index >= 15 is 0 Å². The molecule has 2 aromatic carbocycles. The second-order valence-electron chi connectivity index (χ2n) is 8.15. The molecule has 3 N–H and O–H groups in total. The van der Waals surface area contributed by atoms with Crippen LogP contribution in [-0.4, -0.2) is 29.1 Å². The maximum atomic E-state index is 10.8. The Morgan fingerprint density at radius 1 is 1.06 bits per heavy atom. The van der Waals surface area contributed by atoms with Gasteiger partial charge in [-0.05, 0) is 54.6 Å². The SMILES string of the molecule is O=C(O)CCc1cccc(CCN[C@H](c2ccccc2)[C@H]2CNc3cccnc3C2)c1. The number of aliphatic carboxylic acids is 1. The molecule has 0 spiro atoms. The van der Waals surface area contributed by atoms with E-state index in [1.54, 1.807) is 0 Å². The Hall–Kier alpha value is -3.18. The molecule has 0 saturated heterocycles. The quantitative estimate of drug-likeness (QED) is 0.487. The van der Waals surface area contributed by atoms with Gasteiger partial charge in [0.25, 0.3) is 0 Å². The zero-order valence-electron chi connectivity index (χ0n) is 17.6. The molecule has 0 bridgehead atoms. The van der Waals surface area contributed by atoms with Crippen LogP contribution in [0.3, 0.4) is 0 Å². The fourth-order valence-corrected chi connectivity index (χ4v) is 4.34. The van der Waals surface area contributed by atoms with Gasteiger partial charge in [0, 0.05) is 31.1 Å². The molecular formula is C26H29N3O2. The molecule has 5 heteroatoms. The largest absolute Gasteiger partial charge is 0.481 e. The second kappa shape index (κ2) is 10.2. The fourth-order valence-electron chi connectivity index (χ4n) is 4.34. The summed E-state index contributed by atoms with van der Waals surface area (Å²) in [5, 5.41) is 16.3. The monoisotopic (exact) mass is 415 g/mol. The van der Waals surface area contributed by atoms with Gasteiger partial charge in [-0.25, -0.2) is 0 Å². The van der Waals surface area contributed by atoms with E-state index in [2.05, 4.69) is 64.1 Å². The third-order valence-electron chi connectivity index (χ3n) is 5.93. The lowest BCUT2D eigenvalue weighted by molar-refractivity contribution is -0.136. The fraction of sp³-hybridized carbons (Fsp3) is 0.308. The van der Waals surface area contributed by atoms with Gasteiger partial charge in [-0.3, -0.25) is 9.78 Å². The number of anilines is 1. The van der Waals surface area contributed by atoms with Gasteiger partial charge in [0.2, 0.25) is 0 Å². The van der Waals surface area contributed by atoms with Crippen LogP contribution < -0.4 is 10.6 Å². The van der Waals surface area contributed by atoms with Crippen molar-refractivity contribution >= 4 is 11.7 Å². The van der Waals surface area contributed by atoms with Crippen LogP contribution in [0.5, 0.6) is 0 Å². The molecule has 2 heterocycles. The summed E-state index contributed by atoms with van der Waals surface area (Å²) in [5.74, 6) is -0.346. The number of aromatic nitrogens is 1. The van der Waals surface area contributed by atoms with Gasteiger partial charge in [-0.1, -0.05) is 54.6 Å². The lowest BCUT2D eigenvalue weighted by Gasteiger charge is -2.33. The summed E-state index contributed by atoms with van der Waals surface area (Å²) in [6.45, 7) is 1.77. The lowest BCUT2D eigenvalue weighted by atomic mass is 9.86. The highest BCUT2D eigenvalue weighted by Gasteiger charge is 2.27. The smallest absolute Gasteiger partial charge is 0.303 e. The highest BCUT2D eigenvalue weighted by atomic mass is 16.4. The summed E-state index contributed by atoms with van der Waals surface area (Å²) in [7, 11) is 0. The third kappa shape index (κ3) is 5.70. The molecule has 4 rings (SSSR count). The number of pyridine rings is 1. The molecule has 3 aromatic rings. The molecule has 0 radical (unpaired) electrons. The Labute approximate surface area is 183 Å². The van der Waals surface area contributed by atoms with Crippen molar-refractivity contribution in [1.29, 1.82) is 0 Å². The van der Waals surface area contributed by atoms with Crippen LogP contribution in [0.25, 0.3) is 0 Å². The summed E-state index contributed by atoms with van der Waals surface area (Å²) < 4.78 is 0. The topological polar surface area (TPSA) is 74.2 Å². The van der Waals surface area contributed by atoms with Gasteiger partial charge in [0.15, 0.2) is 0 Å². The Bertz CT molecular complexity index is 1010. The Morgan fingerprint density at radius 2 is 1.87 bits per heavy atom. The lowest BCUT2D eigenvalue weighted by Crippen LogP contribution is -2.37. The molecule has 0 amide bonds. The average Bonchev–Trinajstić information content (AvgIpc) is 2.81. The van der Waals surface area contributed by atoms with Crippen molar-refractivity contribution in [3.8, 4) is 0 Å². The van der Waals surface area contributed by atoms with Gasteiger partial charge in [0.1, 0.15) is 0 Å². The number of benzene rings is 2. The number of aryl methyl sites for hydroxylation is 1. The molecule has 0 aliphatic carbocycles. The molecule has 1 aromatic heterocycles. The molecule has 0 fully saturated rings. The summed E-state index contributed by atoms with van der Waals surface area (Å²) in [5.41, 5.74) is 5.88. The number of carboxylic acids is 1. The Morgan fingerprint density at radius 3 is 2.68 bits per heavy atom. The highest BCUT2D eigenvalue weighted by molar-refractivity contribution is 5.67. The van der Waals surface area contributed by atoms with Crippen LogP contribution in [0.15, 0.2) is 72.9 Å². The minimum absolute atomic E-state index is 0.169. The van der Waals surface area contributed by atoms with Crippen LogP contribution >= 0.6 is 0 Å². The van der Waals surface area contributed by atoms with Crippen LogP contribution in [0, 0.1) is 5.92 Å². The van der Waals surface area contributed by atoms with Crippen molar-refractivity contribution < 1.29 is 9.90 Å². The van der Waals surface area contributed by atoms with Crippen LogP contribution in [0.1, 0.15) is 34.8 Å². The minimum Gasteiger partial charge on any atom is -0.481 e. The summed E-state index contributed by atoms with van der Waals surface area (Å²) in [6, 6.07) is 23.2. The summed E-state index contributed by atoms with van der Waals surface area (Å²) in [6.07, 6.45) is 4.45. The van der Waals surface area contributed by atoms with E-state index in [9.17, 15) is 4.79 Å². The summed E-state index contributed by atoms with van der Waals surface area (Å²) >= 11 is 0. The van der Waals surface area contributed by atoms with Gasteiger partial charge in [0.05, 0.1) is 11.4 Å². The molecule has 160 valence electrons. The van der Waals surface area contributed by atoms with Crippen molar-refractivity contribution in [3.63, 3.8) is 0 Å². The van der Waals surface area contributed by atoms with E-state index in [4.69, 9.17) is 5.11 Å². The molecular weight excluding hydrogens is 386 g/mol. The first-order chi connectivity index (χ1) is 15.2. The first-order valence-electron chi connectivity index (χ1n) is 10.9. The number of carbonyl (C=O) groups is 1. The number of hydrogen-bond acceptors (Lipinski definition) is 4. The first-order valence-corrected chi connectivity index (χ1v) is 10.9. The Kier molecular flexibility index (Phi) is 6.95. The minimum atomic E-state index is -0.755. The van der Waals surface area contributed by atoms with Crippen molar-refractivity contribution in [3.05, 3.63) is 95.3 Å². The van der Waals surface area contributed by atoms with Crippen molar-refractivity contribution in [1.82, 2.24) is 10.3 Å². The van der Waals surface area contributed by atoms with E-state index in [0.29, 0.717) is 12.3 Å². The zero-order valence-corrected chi connectivity index (χ0v) is 17.6. The molecule has 1 aliphatic heterocycles. The number of nitrogens with zero attached hydrogens (tertiary/aromatic N) is 1. The van der Waals surface area contributed by atoms with E-state index in [1.807, 2.05) is 24.4 Å². The number of fused-ring (bicyclic) bond motifs is 1. The molecule has 5 nitrogen and oxygen atoms in total. The molecule has 0 unspecified atom stereocenters. The van der Waals surface area contributed by atoms with Crippen molar-refractivity contribution in [2.45, 2.75) is 31.7 Å². The van der Waals surface area contributed by atoms with Crippen molar-refractivity contribution in [2.75, 3.05) is 18.4 Å². The van der Waals surface area contributed by atoms with Gasteiger partial charge >= 0.3 is 5.97 Å². The van der Waals surface area contributed by atoms with Crippen LogP contribution in [0.4, 0.5) is 5.69 Å². The van der Waals surface area contributed by atoms with Crippen LogP contribution in [0.2, 0.25) is 0 Å². The maximum Gasteiger partial charge on any atom is 0.303 e. The van der Waals surface area contributed by atoms with E-state index in [1.165, 1.54) is 11.1 Å². The van der Waals surface area contributed by atoms with Crippen LogP contribution in [-0.2, 0) is 24.1 Å². The Balaban J connectivity index is 1.42. The molecule has 1 aliphatic rings. The predicted octanol–water partition coefficient (Wildman–Crippen LogP) is 4.26. The van der Waals surface area contributed by atoms with Gasteiger partial charge < -0.3 is 15.7 Å². The number of hydrogen-bond donors (Lipinski definition) is 3. The van der Waals surface area contributed by atoms with E-state index in [-0.39, 0.29) is 12.5 Å². The molecule has 31 heavy (non-hydrogen) atoms. The first kappa shape index (κ1) is 21.1. The van der Waals surface area contributed by atoms with E-state index in [0.717, 1.165) is 42.9 Å².